The summed E-state index contributed by atoms with van der Waals surface area (Å²) in [5.41, 5.74) is 3.65. The van der Waals surface area contributed by atoms with Gasteiger partial charge in [0.05, 0.1) is 11.8 Å². The van der Waals surface area contributed by atoms with Crippen molar-refractivity contribution in [2.75, 3.05) is 5.32 Å². The molecule has 3 aliphatic rings. The van der Waals surface area contributed by atoms with E-state index in [1.165, 1.54) is 4.90 Å². The van der Waals surface area contributed by atoms with Gasteiger partial charge in [0.2, 0.25) is 17.7 Å². The van der Waals surface area contributed by atoms with Gasteiger partial charge in [-0.05, 0) is 67.7 Å². The number of imide groups is 1. The van der Waals surface area contributed by atoms with Gasteiger partial charge in [-0.3, -0.25) is 19.3 Å². The van der Waals surface area contributed by atoms with Crippen LogP contribution in [0.15, 0.2) is 48.5 Å². The van der Waals surface area contributed by atoms with Crippen LogP contribution in [0.2, 0.25) is 0 Å². The molecule has 0 unspecified atom stereocenters. The summed E-state index contributed by atoms with van der Waals surface area (Å²) in [6.07, 6.45) is 3.36. The second-order valence-electron chi connectivity index (χ2n) is 9.44. The maximum atomic E-state index is 13.5. The van der Waals surface area contributed by atoms with E-state index in [2.05, 4.69) is 5.32 Å². The lowest BCUT2D eigenvalue weighted by Crippen LogP contribution is -2.49. The van der Waals surface area contributed by atoms with Crippen LogP contribution in [0.5, 0.6) is 0 Å². The van der Waals surface area contributed by atoms with Gasteiger partial charge in [-0.2, -0.15) is 0 Å². The van der Waals surface area contributed by atoms with Gasteiger partial charge in [0.25, 0.3) is 0 Å². The molecule has 3 fully saturated rings. The number of likely N-dealkylation sites (tertiary alicyclic amines) is 1. The first-order valence-corrected chi connectivity index (χ1v) is 11.2. The largest absolute Gasteiger partial charge is 0.324 e. The van der Waals surface area contributed by atoms with Gasteiger partial charge < -0.3 is 5.32 Å². The van der Waals surface area contributed by atoms with Crippen molar-refractivity contribution in [3.8, 4) is 0 Å². The van der Waals surface area contributed by atoms with Crippen LogP contribution in [0.3, 0.4) is 0 Å². The van der Waals surface area contributed by atoms with Gasteiger partial charge in [-0.25, -0.2) is 0 Å². The zero-order chi connectivity index (χ0) is 21.7. The lowest BCUT2D eigenvalue weighted by molar-refractivity contribution is -0.147. The molecule has 5 nitrogen and oxygen atoms in total. The van der Waals surface area contributed by atoms with Crippen LogP contribution in [0, 0.1) is 37.5 Å². The molecular weight excluding hydrogens is 388 g/mol. The molecule has 2 aromatic carbocycles. The van der Waals surface area contributed by atoms with Crippen LogP contribution in [0.4, 0.5) is 5.69 Å². The zero-order valence-electron chi connectivity index (χ0n) is 18.0. The third kappa shape index (κ3) is 3.36. The van der Waals surface area contributed by atoms with Crippen molar-refractivity contribution in [3.05, 3.63) is 65.2 Å². The molecule has 31 heavy (non-hydrogen) atoms. The van der Waals surface area contributed by atoms with Gasteiger partial charge in [0.15, 0.2) is 0 Å². The topological polar surface area (TPSA) is 66.5 Å². The summed E-state index contributed by atoms with van der Waals surface area (Å²) in [6.45, 7) is 3.91. The highest BCUT2D eigenvalue weighted by Crippen LogP contribution is 2.56. The molecule has 1 heterocycles. The first-order valence-electron chi connectivity index (χ1n) is 11.2. The number of aryl methyl sites for hydroxylation is 2. The number of fused-ring (bicyclic) bond motifs is 5. The number of nitrogens with zero attached hydrogens (tertiary/aromatic N) is 1. The van der Waals surface area contributed by atoms with E-state index in [9.17, 15) is 14.4 Å². The Labute approximate surface area is 182 Å². The maximum Gasteiger partial charge on any atom is 0.248 e. The predicted octanol–water partition coefficient (Wildman–Crippen LogP) is 3.88. The van der Waals surface area contributed by atoms with Gasteiger partial charge in [0, 0.05) is 12.1 Å². The molecule has 2 bridgehead atoms. The number of amides is 3. The van der Waals surface area contributed by atoms with E-state index < -0.39 is 6.04 Å². The second kappa shape index (κ2) is 7.63. The predicted molar refractivity (Wildman–Crippen MR) is 118 cm³/mol. The van der Waals surface area contributed by atoms with Gasteiger partial charge in [-0.1, -0.05) is 42.5 Å². The minimum Gasteiger partial charge on any atom is -0.324 e. The number of hydrogen-bond acceptors (Lipinski definition) is 3. The molecule has 0 aromatic heterocycles. The fraction of sp³-hybridized carbons (Fsp3) is 0.423. The summed E-state index contributed by atoms with van der Waals surface area (Å²) in [7, 11) is 0. The average Bonchev–Trinajstić information content (AvgIpc) is 3.44. The fourth-order valence-electron chi connectivity index (χ4n) is 5.96. The third-order valence-electron chi connectivity index (χ3n) is 7.50. The van der Waals surface area contributed by atoms with E-state index in [0.29, 0.717) is 18.3 Å². The van der Waals surface area contributed by atoms with Crippen molar-refractivity contribution in [2.24, 2.45) is 23.7 Å². The van der Waals surface area contributed by atoms with Gasteiger partial charge in [0.1, 0.15) is 6.04 Å². The molecule has 1 saturated heterocycles. The Kier molecular flexibility index (Phi) is 4.92. The zero-order valence-corrected chi connectivity index (χ0v) is 18.0. The molecule has 0 radical (unpaired) electrons. The smallest absolute Gasteiger partial charge is 0.248 e. The molecule has 1 aliphatic heterocycles. The van der Waals surface area contributed by atoms with E-state index in [1.54, 1.807) is 0 Å². The van der Waals surface area contributed by atoms with Crippen molar-refractivity contribution >= 4 is 23.4 Å². The standard InChI is InChI=1S/C26H28N2O3/c1-15-8-9-16(2)20(12-15)27-24(29)21(13-17-6-4-3-5-7-17)28-25(30)22-18-10-11-19(14-18)23(22)26(28)31/h3-9,12,18-19,21-23H,10-11,13-14H2,1-2H3,(H,27,29)/t18-,19-,21-,22-,23+/m1/s1. The summed E-state index contributed by atoms with van der Waals surface area (Å²) in [5, 5.41) is 3.01. The second-order valence-corrected chi connectivity index (χ2v) is 9.44. The van der Waals surface area contributed by atoms with Crippen molar-refractivity contribution in [1.29, 1.82) is 0 Å². The summed E-state index contributed by atoms with van der Waals surface area (Å²) in [5.74, 6) is -0.423. The van der Waals surface area contributed by atoms with E-state index in [4.69, 9.17) is 0 Å². The number of anilines is 1. The van der Waals surface area contributed by atoms with Crippen LogP contribution in [0.1, 0.15) is 36.0 Å². The molecule has 0 spiro atoms. The number of hydrogen-bond donors (Lipinski definition) is 1. The maximum absolute atomic E-state index is 13.5. The fourth-order valence-corrected chi connectivity index (χ4v) is 5.96. The molecular formula is C26H28N2O3. The van der Waals surface area contributed by atoms with Crippen molar-refractivity contribution < 1.29 is 14.4 Å². The monoisotopic (exact) mass is 416 g/mol. The third-order valence-corrected chi connectivity index (χ3v) is 7.50. The van der Waals surface area contributed by atoms with E-state index in [1.807, 2.05) is 62.4 Å². The van der Waals surface area contributed by atoms with Gasteiger partial charge >= 0.3 is 0 Å². The van der Waals surface area contributed by atoms with E-state index in [0.717, 1.165) is 41.6 Å². The number of carbonyl (C=O) groups is 3. The molecule has 2 aromatic rings. The Hall–Kier alpha value is -2.95. The summed E-state index contributed by atoms with van der Waals surface area (Å²) in [4.78, 5) is 41.7. The molecule has 2 aliphatic carbocycles. The number of rotatable bonds is 5. The summed E-state index contributed by atoms with van der Waals surface area (Å²) >= 11 is 0. The first kappa shape index (κ1) is 20.0. The minimum absolute atomic E-state index is 0.140. The van der Waals surface area contributed by atoms with Crippen LogP contribution < -0.4 is 5.32 Å². The number of carbonyl (C=O) groups excluding carboxylic acids is 3. The Morgan fingerprint density at radius 1 is 1.00 bits per heavy atom. The molecule has 1 N–H and O–H groups in total. The van der Waals surface area contributed by atoms with E-state index in [-0.39, 0.29) is 29.6 Å². The Morgan fingerprint density at radius 2 is 1.65 bits per heavy atom. The number of nitrogens with one attached hydrogen (secondary N) is 1. The average molecular weight is 417 g/mol. The van der Waals surface area contributed by atoms with Crippen LogP contribution in [0.25, 0.3) is 0 Å². The molecule has 5 atom stereocenters. The van der Waals surface area contributed by atoms with Crippen molar-refractivity contribution in [2.45, 2.75) is 45.6 Å². The Bertz CT molecular complexity index is 1020. The molecule has 5 rings (SSSR count). The van der Waals surface area contributed by atoms with E-state index >= 15 is 0 Å². The van der Waals surface area contributed by atoms with Crippen LogP contribution >= 0.6 is 0 Å². The lowest BCUT2D eigenvalue weighted by atomic mass is 9.81. The highest BCUT2D eigenvalue weighted by atomic mass is 16.2. The molecule has 5 heteroatoms. The normalized spacial score (nSPS) is 27.5. The Balaban J connectivity index is 1.47. The van der Waals surface area contributed by atoms with Crippen LogP contribution in [-0.2, 0) is 20.8 Å². The summed E-state index contributed by atoms with van der Waals surface area (Å²) in [6, 6.07) is 14.7. The molecule has 2 saturated carbocycles. The van der Waals surface area contributed by atoms with Gasteiger partial charge in [-0.15, -0.1) is 0 Å². The Morgan fingerprint density at radius 3 is 2.29 bits per heavy atom. The molecule has 3 amide bonds. The highest BCUT2D eigenvalue weighted by Gasteiger charge is 2.62. The summed E-state index contributed by atoms with van der Waals surface area (Å²) < 4.78 is 0. The quantitative estimate of drug-likeness (QED) is 0.752. The SMILES string of the molecule is Cc1ccc(C)c(NC(=O)[C@@H](Cc2ccccc2)N2C(=O)[C@@H]3[C@@H]4CC[C@H](C4)[C@@H]3C2=O)c1. The molecule has 160 valence electrons. The van der Waals surface area contributed by atoms with Crippen LogP contribution in [-0.4, -0.2) is 28.7 Å². The van der Waals surface area contributed by atoms with Crippen molar-refractivity contribution in [1.82, 2.24) is 4.90 Å². The number of benzene rings is 2. The lowest BCUT2D eigenvalue weighted by Gasteiger charge is -2.27. The minimum atomic E-state index is -0.840. The van der Waals surface area contributed by atoms with Crippen molar-refractivity contribution in [3.63, 3.8) is 0 Å². The first-order chi connectivity index (χ1) is 14.9. The highest BCUT2D eigenvalue weighted by molar-refractivity contribution is 6.10.